The summed E-state index contributed by atoms with van der Waals surface area (Å²) in [6.07, 6.45) is 1.63. The van der Waals surface area contributed by atoms with Crippen molar-refractivity contribution in [3.8, 4) is 5.88 Å². The van der Waals surface area contributed by atoms with Gasteiger partial charge in [-0.25, -0.2) is 9.97 Å². The Morgan fingerprint density at radius 1 is 1.44 bits per heavy atom. The van der Waals surface area contributed by atoms with Crippen LogP contribution in [0.2, 0.25) is 0 Å². The first-order valence-corrected chi connectivity index (χ1v) is 6.12. The summed E-state index contributed by atoms with van der Waals surface area (Å²) in [5.41, 5.74) is 0.969. The first-order chi connectivity index (χ1) is 7.69. The number of ether oxygens (including phenoxy) is 1. The molecule has 0 aliphatic rings. The van der Waals surface area contributed by atoms with Crippen molar-refractivity contribution < 1.29 is 4.74 Å². The van der Waals surface area contributed by atoms with Crippen LogP contribution in [0.3, 0.4) is 0 Å². The number of anilines is 2. The van der Waals surface area contributed by atoms with Gasteiger partial charge in [0.15, 0.2) is 5.13 Å². The van der Waals surface area contributed by atoms with Gasteiger partial charge in [-0.05, 0) is 22.9 Å². The highest BCUT2D eigenvalue weighted by atomic mass is 79.9. The summed E-state index contributed by atoms with van der Waals surface area (Å²) in [5, 5.41) is 5.73. The molecule has 2 rings (SSSR count). The zero-order valence-corrected chi connectivity index (χ0v) is 11.1. The van der Waals surface area contributed by atoms with E-state index >= 15 is 0 Å². The second-order valence-electron chi connectivity index (χ2n) is 2.97. The van der Waals surface area contributed by atoms with Gasteiger partial charge in [-0.1, -0.05) is 0 Å². The molecular formula is C9H9BrN4OS. The van der Waals surface area contributed by atoms with E-state index in [0.717, 1.165) is 15.3 Å². The monoisotopic (exact) mass is 300 g/mol. The Balaban J connectivity index is 2.21. The van der Waals surface area contributed by atoms with E-state index in [2.05, 4.69) is 36.2 Å². The number of aromatic nitrogens is 3. The average molecular weight is 301 g/mol. The summed E-state index contributed by atoms with van der Waals surface area (Å²) in [6, 6.07) is 0. The highest BCUT2D eigenvalue weighted by Crippen LogP contribution is 2.24. The van der Waals surface area contributed by atoms with Crippen molar-refractivity contribution in [1.29, 1.82) is 0 Å². The lowest BCUT2D eigenvalue weighted by molar-refractivity contribution is 0.394. The molecule has 0 aliphatic heterocycles. The van der Waals surface area contributed by atoms with Gasteiger partial charge in [-0.2, -0.15) is 4.98 Å². The summed E-state index contributed by atoms with van der Waals surface area (Å²) in [4.78, 5) is 12.5. The molecule has 2 aromatic rings. The van der Waals surface area contributed by atoms with Crippen LogP contribution in [0.1, 0.15) is 5.69 Å². The minimum absolute atomic E-state index is 0.467. The Labute approximate surface area is 105 Å². The Bertz CT molecular complexity index is 502. The van der Waals surface area contributed by atoms with Crippen molar-refractivity contribution in [2.75, 3.05) is 12.4 Å². The Hall–Kier alpha value is -1.21. The van der Waals surface area contributed by atoms with Gasteiger partial charge in [0.25, 0.3) is 0 Å². The van der Waals surface area contributed by atoms with Crippen molar-refractivity contribution in [2.45, 2.75) is 6.92 Å². The topological polar surface area (TPSA) is 59.9 Å². The third-order valence-corrected chi connectivity index (χ3v) is 3.16. The van der Waals surface area contributed by atoms with Crippen molar-refractivity contribution >= 4 is 38.3 Å². The van der Waals surface area contributed by atoms with E-state index in [1.807, 2.05) is 12.3 Å². The van der Waals surface area contributed by atoms with E-state index < -0.39 is 0 Å². The van der Waals surface area contributed by atoms with Gasteiger partial charge >= 0.3 is 0 Å². The summed E-state index contributed by atoms with van der Waals surface area (Å²) in [6.45, 7) is 1.94. The second kappa shape index (κ2) is 4.75. The molecule has 0 saturated carbocycles. The molecule has 0 atom stereocenters. The van der Waals surface area contributed by atoms with Crippen LogP contribution in [0.5, 0.6) is 5.88 Å². The van der Waals surface area contributed by atoms with Crippen LogP contribution in [0.4, 0.5) is 11.1 Å². The molecule has 1 N–H and O–H groups in total. The molecule has 84 valence electrons. The van der Waals surface area contributed by atoms with Crippen LogP contribution in [0, 0.1) is 6.92 Å². The third kappa shape index (κ3) is 2.48. The van der Waals surface area contributed by atoms with E-state index in [0.29, 0.717) is 11.8 Å². The van der Waals surface area contributed by atoms with Crippen LogP contribution >= 0.6 is 27.3 Å². The van der Waals surface area contributed by atoms with Gasteiger partial charge < -0.3 is 4.74 Å². The zero-order chi connectivity index (χ0) is 11.5. The SMILES string of the molecule is COc1nc(Nc2nc(C)cs2)ncc1Br. The highest BCUT2D eigenvalue weighted by Gasteiger charge is 2.06. The molecule has 0 fully saturated rings. The fourth-order valence-corrected chi connectivity index (χ4v) is 2.10. The van der Waals surface area contributed by atoms with E-state index in [1.165, 1.54) is 11.3 Å². The summed E-state index contributed by atoms with van der Waals surface area (Å²) in [5.74, 6) is 0.958. The predicted octanol–water partition coefficient (Wildman–Crippen LogP) is 2.76. The van der Waals surface area contributed by atoms with Crippen LogP contribution < -0.4 is 10.1 Å². The number of hydrogen-bond acceptors (Lipinski definition) is 6. The van der Waals surface area contributed by atoms with E-state index in [-0.39, 0.29) is 0 Å². The lowest BCUT2D eigenvalue weighted by atomic mass is 10.6. The average Bonchev–Trinajstić information content (AvgIpc) is 2.67. The first-order valence-electron chi connectivity index (χ1n) is 4.44. The van der Waals surface area contributed by atoms with Crippen LogP contribution in [0.15, 0.2) is 16.0 Å². The third-order valence-electron chi connectivity index (χ3n) is 1.74. The van der Waals surface area contributed by atoms with Crippen molar-refractivity contribution in [2.24, 2.45) is 0 Å². The van der Waals surface area contributed by atoms with Crippen molar-refractivity contribution in [3.63, 3.8) is 0 Å². The number of aryl methyl sites for hydroxylation is 1. The molecule has 0 aliphatic carbocycles. The van der Waals surface area contributed by atoms with Crippen molar-refractivity contribution in [1.82, 2.24) is 15.0 Å². The summed E-state index contributed by atoms with van der Waals surface area (Å²) >= 11 is 4.80. The van der Waals surface area contributed by atoms with Gasteiger partial charge in [0.1, 0.15) is 0 Å². The molecule has 0 amide bonds. The van der Waals surface area contributed by atoms with Gasteiger partial charge in [-0.3, -0.25) is 5.32 Å². The fourth-order valence-electron chi connectivity index (χ4n) is 1.06. The Morgan fingerprint density at radius 2 is 2.25 bits per heavy atom. The standard InChI is InChI=1S/C9H9BrN4OS/c1-5-4-16-9(12-5)14-8-11-3-6(10)7(13-8)15-2/h3-4H,1-2H3,(H,11,12,13,14). The maximum Gasteiger partial charge on any atom is 0.232 e. The molecule has 5 nitrogen and oxygen atoms in total. The van der Waals surface area contributed by atoms with Gasteiger partial charge in [0.05, 0.1) is 23.5 Å². The smallest absolute Gasteiger partial charge is 0.232 e. The summed E-state index contributed by atoms with van der Waals surface area (Å²) in [7, 11) is 1.56. The molecule has 0 aromatic carbocycles. The van der Waals surface area contributed by atoms with Gasteiger partial charge in [0.2, 0.25) is 11.8 Å². The van der Waals surface area contributed by atoms with Crippen molar-refractivity contribution in [3.05, 3.63) is 21.7 Å². The van der Waals surface area contributed by atoms with Gasteiger partial charge in [-0.15, -0.1) is 11.3 Å². The second-order valence-corrected chi connectivity index (χ2v) is 4.68. The Morgan fingerprint density at radius 3 is 2.88 bits per heavy atom. The van der Waals surface area contributed by atoms with Crippen LogP contribution in [-0.2, 0) is 0 Å². The largest absolute Gasteiger partial charge is 0.480 e. The normalized spacial score (nSPS) is 10.2. The zero-order valence-electron chi connectivity index (χ0n) is 8.69. The number of hydrogen-bond donors (Lipinski definition) is 1. The number of nitrogens with one attached hydrogen (secondary N) is 1. The number of rotatable bonds is 3. The lowest BCUT2D eigenvalue weighted by Crippen LogP contribution is -1.99. The maximum absolute atomic E-state index is 5.07. The van der Waals surface area contributed by atoms with Gasteiger partial charge in [0, 0.05) is 5.38 Å². The number of halogens is 1. The van der Waals surface area contributed by atoms with E-state index in [1.54, 1.807) is 13.3 Å². The Kier molecular flexibility index (Phi) is 3.35. The first kappa shape index (κ1) is 11.3. The van der Waals surface area contributed by atoms with Crippen LogP contribution in [-0.4, -0.2) is 22.1 Å². The lowest BCUT2D eigenvalue weighted by Gasteiger charge is -2.04. The minimum atomic E-state index is 0.467. The molecule has 7 heteroatoms. The quantitative estimate of drug-likeness (QED) is 0.944. The molecule has 0 bridgehead atoms. The number of methoxy groups -OCH3 is 1. The number of thiazole rings is 1. The fraction of sp³-hybridized carbons (Fsp3) is 0.222. The molecule has 0 radical (unpaired) electrons. The minimum Gasteiger partial charge on any atom is -0.480 e. The molecule has 2 heterocycles. The molecule has 0 spiro atoms. The van der Waals surface area contributed by atoms with Crippen LogP contribution in [0.25, 0.3) is 0 Å². The molecular weight excluding hydrogens is 292 g/mol. The van der Waals surface area contributed by atoms with E-state index in [4.69, 9.17) is 4.74 Å². The maximum atomic E-state index is 5.07. The van der Waals surface area contributed by atoms with E-state index in [9.17, 15) is 0 Å². The number of nitrogens with zero attached hydrogens (tertiary/aromatic N) is 3. The molecule has 0 unspecified atom stereocenters. The molecule has 16 heavy (non-hydrogen) atoms. The highest BCUT2D eigenvalue weighted by molar-refractivity contribution is 9.10. The molecule has 2 aromatic heterocycles. The predicted molar refractivity (Wildman–Crippen MR) is 66.4 cm³/mol. The molecule has 0 saturated heterocycles. The summed E-state index contributed by atoms with van der Waals surface area (Å²) < 4.78 is 5.79.